The number of nitrogens with one attached hydrogen (secondary N) is 2. The number of hydrogen-bond donors (Lipinski definition) is 3. The van der Waals surface area contributed by atoms with Crippen molar-refractivity contribution in [3.8, 4) is 0 Å². The zero-order chi connectivity index (χ0) is 14.2. The number of anilines is 1. The van der Waals surface area contributed by atoms with Crippen LogP contribution in [0, 0.1) is 13.8 Å². The van der Waals surface area contributed by atoms with Gasteiger partial charge in [-0.15, -0.1) is 0 Å². The summed E-state index contributed by atoms with van der Waals surface area (Å²) in [5.41, 5.74) is 1.23. The predicted molar refractivity (Wildman–Crippen MR) is 69.5 cm³/mol. The minimum Gasteiger partial charge on any atom is -0.298 e. The van der Waals surface area contributed by atoms with Gasteiger partial charge in [0.1, 0.15) is 0 Å². The molecule has 2 heterocycles. The van der Waals surface area contributed by atoms with Crippen molar-refractivity contribution in [1.29, 1.82) is 0 Å². The van der Waals surface area contributed by atoms with Crippen LogP contribution in [0.1, 0.15) is 21.7 Å². The molecule has 4 N–H and O–H groups in total. The lowest BCUT2D eigenvalue weighted by Gasteiger charge is -1.98. The maximum Gasteiger partial charge on any atom is 0.260 e. The summed E-state index contributed by atoms with van der Waals surface area (Å²) in [7, 11) is -3.82. The molecule has 0 aliphatic rings. The molecule has 0 unspecified atom stereocenters. The number of thiazole rings is 1. The van der Waals surface area contributed by atoms with E-state index >= 15 is 0 Å². The Morgan fingerprint density at radius 1 is 1.47 bits per heavy atom. The van der Waals surface area contributed by atoms with Gasteiger partial charge in [-0.05, 0) is 13.8 Å². The van der Waals surface area contributed by atoms with E-state index in [0.29, 0.717) is 11.3 Å². The van der Waals surface area contributed by atoms with E-state index in [1.807, 2.05) is 0 Å². The van der Waals surface area contributed by atoms with Crippen LogP contribution >= 0.6 is 11.3 Å². The highest BCUT2D eigenvalue weighted by atomic mass is 32.2. The normalized spacial score (nSPS) is 11.5. The van der Waals surface area contributed by atoms with E-state index in [-0.39, 0.29) is 15.0 Å². The minimum absolute atomic E-state index is 0.0632. The van der Waals surface area contributed by atoms with E-state index in [9.17, 15) is 13.2 Å². The largest absolute Gasteiger partial charge is 0.298 e. The van der Waals surface area contributed by atoms with Crippen LogP contribution < -0.4 is 10.5 Å². The van der Waals surface area contributed by atoms with E-state index < -0.39 is 15.9 Å². The van der Waals surface area contributed by atoms with Gasteiger partial charge in [-0.3, -0.25) is 15.2 Å². The number of sulfonamides is 1. The number of nitrogens with two attached hydrogens (primary N) is 1. The average molecular weight is 301 g/mol. The number of carbonyl (C=O) groups is 1. The minimum atomic E-state index is -3.82. The van der Waals surface area contributed by atoms with Crippen molar-refractivity contribution >= 4 is 32.4 Å². The number of carbonyl (C=O) groups excluding carboxylic acids is 1. The Balaban J connectivity index is 2.26. The van der Waals surface area contributed by atoms with E-state index in [4.69, 9.17) is 5.14 Å². The van der Waals surface area contributed by atoms with Crippen LogP contribution in [-0.2, 0) is 10.0 Å². The van der Waals surface area contributed by atoms with Gasteiger partial charge in [0.05, 0.1) is 17.5 Å². The number of nitrogens with zero attached hydrogens (tertiary/aromatic N) is 2. The van der Waals surface area contributed by atoms with Gasteiger partial charge in [0.25, 0.3) is 5.91 Å². The van der Waals surface area contributed by atoms with Gasteiger partial charge >= 0.3 is 0 Å². The molecular formula is C9H11N5O3S2. The van der Waals surface area contributed by atoms with Gasteiger partial charge in [-0.1, -0.05) is 11.3 Å². The van der Waals surface area contributed by atoms with E-state index in [1.165, 1.54) is 13.1 Å². The monoisotopic (exact) mass is 301 g/mol. The Labute approximate surface area is 113 Å². The standard InChI is InChI=1S/C9H11N5O3S2/c1-4-6(3-11-14-4)7(15)13-9-12-5(2)8(18-9)19(10,16)17/h3H,1-2H3,(H,11,14)(H2,10,16,17)(H,12,13,15). The molecule has 0 aliphatic carbocycles. The number of aromatic nitrogens is 3. The molecule has 102 valence electrons. The third-order valence-corrected chi connectivity index (χ3v) is 4.93. The molecule has 0 aromatic carbocycles. The molecule has 19 heavy (non-hydrogen) atoms. The van der Waals surface area contributed by atoms with Gasteiger partial charge < -0.3 is 0 Å². The van der Waals surface area contributed by atoms with Crippen LogP contribution in [-0.4, -0.2) is 29.5 Å². The first-order valence-corrected chi connectivity index (χ1v) is 7.47. The molecule has 0 saturated carbocycles. The summed E-state index contributed by atoms with van der Waals surface area (Å²) in [6.07, 6.45) is 1.38. The number of hydrogen-bond acceptors (Lipinski definition) is 6. The highest BCUT2D eigenvalue weighted by Crippen LogP contribution is 2.26. The Bertz CT molecular complexity index is 731. The van der Waals surface area contributed by atoms with Crippen LogP contribution in [0.25, 0.3) is 0 Å². The molecule has 0 fully saturated rings. The summed E-state index contributed by atoms with van der Waals surface area (Å²) in [4.78, 5) is 15.8. The average Bonchev–Trinajstić information content (AvgIpc) is 2.83. The lowest BCUT2D eigenvalue weighted by Crippen LogP contribution is -2.12. The molecule has 8 nitrogen and oxygen atoms in total. The zero-order valence-corrected chi connectivity index (χ0v) is 11.7. The number of primary sulfonamides is 1. The lowest BCUT2D eigenvalue weighted by molar-refractivity contribution is 0.102. The number of rotatable bonds is 3. The predicted octanol–water partition coefficient (Wildman–Crippen LogP) is 0.383. The first kappa shape index (κ1) is 13.6. The SMILES string of the molecule is Cc1nc(NC(=O)c2cn[nH]c2C)sc1S(N)(=O)=O. The van der Waals surface area contributed by atoms with Crippen molar-refractivity contribution < 1.29 is 13.2 Å². The topological polar surface area (TPSA) is 131 Å². The third-order valence-electron chi connectivity index (χ3n) is 2.31. The molecule has 2 aromatic rings. The van der Waals surface area contributed by atoms with E-state index in [1.54, 1.807) is 6.92 Å². The lowest BCUT2D eigenvalue weighted by atomic mass is 10.2. The quantitative estimate of drug-likeness (QED) is 0.754. The molecule has 0 atom stereocenters. The molecule has 0 aliphatic heterocycles. The van der Waals surface area contributed by atoms with Crippen molar-refractivity contribution in [3.63, 3.8) is 0 Å². The van der Waals surface area contributed by atoms with Crippen LogP contribution in [0.15, 0.2) is 10.4 Å². The second kappa shape index (κ2) is 4.72. The fourth-order valence-electron chi connectivity index (χ4n) is 1.44. The van der Waals surface area contributed by atoms with Crippen molar-refractivity contribution in [1.82, 2.24) is 15.2 Å². The Morgan fingerprint density at radius 3 is 2.63 bits per heavy atom. The summed E-state index contributed by atoms with van der Waals surface area (Å²) >= 11 is 0.811. The molecule has 2 aromatic heterocycles. The summed E-state index contributed by atoms with van der Waals surface area (Å²) in [6.45, 7) is 3.21. The molecule has 10 heteroatoms. The summed E-state index contributed by atoms with van der Waals surface area (Å²) in [5.74, 6) is -0.416. The van der Waals surface area contributed by atoms with Crippen LogP contribution in [0.5, 0.6) is 0 Å². The maximum atomic E-state index is 11.9. The number of amides is 1. The van der Waals surface area contributed by atoms with Crippen LogP contribution in [0.3, 0.4) is 0 Å². The Kier molecular flexibility index (Phi) is 3.39. The van der Waals surface area contributed by atoms with Crippen molar-refractivity contribution in [2.24, 2.45) is 5.14 Å². The van der Waals surface area contributed by atoms with Crippen LogP contribution in [0.2, 0.25) is 0 Å². The third kappa shape index (κ3) is 2.80. The molecule has 0 radical (unpaired) electrons. The van der Waals surface area contributed by atoms with Crippen molar-refractivity contribution in [2.75, 3.05) is 5.32 Å². The molecular weight excluding hydrogens is 290 g/mol. The maximum absolute atomic E-state index is 11.9. The van der Waals surface area contributed by atoms with Crippen molar-refractivity contribution in [2.45, 2.75) is 18.1 Å². The Hall–Kier alpha value is -1.78. The zero-order valence-electron chi connectivity index (χ0n) is 10.1. The Morgan fingerprint density at radius 2 is 2.16 bits per heavy atom. The second-order valence-corrected chi connectivity index (χ2v) is 6.56. The van der Waals surface area contributed by atoms with E-state index in [0.717, 1.165) is 11.3 Å². The van der Waals surface area contributed by atoms with Gasteiger partial charge in [0.2, 0.25) is 10.0 Å². The van der Waals surface area contributed by atoms with Gasteiger partial charge in [0.15, 0.2) is 9.34 Å². The first-order chi connectivity index (χ1) is 8.79. The summed E-state index contributed by atoms with van der Waals surface area (Å²) < 4.78 is 22.4. The second-order valence-electron chi connectivity index (χ2n) is 3.80. The molecule has 0 bridgehead atoms. The number of aromatic amines is 1. The van der Waals surface area contributed by atoms with E-state index in [2.05, 4.69) is 20.5 Å². The highest BCUT2D eigenvalue weighted by molar-refractivity contribution is 7.91. The molecule has 1 amide bonds. The molecule has 0 saturated heterocycles. The number of aryl methyl sites for hydroxylation is 2. The van der Waals surface area contributed by atoms with Gasteiger partial charge in [-0.25, -0.2) is 18.5 Å². The van der Waals surface area contributed by atoms with Gasteiger partial charge in [-0.2, -0.15) is 5.10 Å². The highest BCUT2D eigenvalue weighted by Gasteiger charge is 2.19. The fraction of sp³-hybridized carbons (Fsp3) is 0.222. The fourth-order valence-corrected chi connectivity index (χ4v) is 3.30. The summed E-state index contributed by atoms with van der Waals surface area (Å²) in [6, 6.07) is 0. The summed E-state index contributed by atoms with van der Waals surface area (Å²) in [5, 5.41) is 14.1. The first-order valence-electron chi connectivity index (χ1n) is 5.10. The smallest absolute Gasteiger partial charge is 0.260 e. The van der Waals surface area contributed by atoms with Crippen molar-refractivity contribution in [3.05, 3.63) is 23.1 Å². The number of H-pyrrole nitrogens is 1. The molecule has 0 spiro atoms. The molecule has 2 rings (SSSR count). The van der Waals surface area contributed by atoms with Gasteiger partial charge in [0, 0.05) is 5.69 Å². The van der Waals surface area contributed by atoms with Crippen LogP contribution in [0.4, 0.5) is 5.13 Å².